The molecule has 2 aromatic rings. The first-order chi connectivity index (χ1) is 8.10. The van der Waals surface area contributed by atoms with E-state index in [4.69, 9.17) is 10.3 Å². The van der Waals surface area contributed by atoms with Crippen molar-refractivity contribution in [2.24, 2.45) is 0 Å². The molecule has 0 aliphatic rings. The van der Waals surface area contributed by atoms with Crippen LogP contribution in [0.5, 0.6) is 0 Å². The largest absolute Gasteiger partial charge is 0.374 e. The molecule has 0 aliphatic carbocycles. The van der Waals surface area contributed by atoms with Crippen LogP contribution in [0, 0.1) is 11.6 Å². The van der Waals surface area contributed by atoms with Crippen molar-refractivity contribution >= 4 is 5.95 Å². The van der Waals surface area contributed by atoms with E-state index in [-0.39, 0.29) is 11.6 Å². The number of hydrogen-bond donors (Lipinski definition) is 2. The predicted octanol–water partition coefficient (Wildman–Crippen LogP) is 0.691. The van der Waals surface area contributed by atoms with E-state index in [2.05, 4.69) is 10.1 Å². The molecular formula is C9H8F2N4O2. The Hall–Kier alpha value is -2.06. The minimum atomic E-state index is -0.750. The Morgan fingerprint density at radius 3 is 2.47 bits per heavy atom. The second kappa shape index (κ2) is 4.44. The van der Waals surface area contributed by atoms with Crippen LogP contribution in [-0.4, -0.2) is 31.8 Å². The van der Waals surface area contributed by atoms with Crippen LogP contribution in [0.1, 0.15) is 0 Å². The molecule has 0 radical (unpaired) electrons. The van der Waals surface area contributed by atoms with E-state index in [0.717, 1.165) is 29.2 Å². The fourth-order valence-electron chi connectivity index (χ4n) is 1.23. The Morgan fingerprint density at radius 2 is 1.88 bits per heavy atom. The van der Waals surface area contributed by atoms with Crippen molar-refractivity contribution in [1.29, 1.82) is 0 Å². The second-order valence-corrected chi connectivity index (χ2v) is 3.16. The normalized spacial score (nSPS) is 10.6. The molecule has 0 atom stereocenters. The highest BCUT2D eigenvalue weighted by Crippen LogP contribution is 2.13. The van der Waals surface area contributed by atoms with Crippen molar-refractivity contribution in [3.8, 4) is 5.69 Å². The summed E-state index contributed by atoms with van der Waals surface area (Å²) in [5.41, 5.74) is 0.118. The van der Waals surface area contributed by atoms with E-state index >= 15 is 0 Å². The molecule has 0 bridgehead atoms. The SMILES string of the molecule is OCN(O)c1ncn(-c2cc(F)cc(F)c2)n1. The molecule has 0 amide bonds. The molecule has 2 N–H and O–H groups in total. The summed E-state index contributed by atoms with van der Waals surface area (Å²) < 4.78 is 27.0. The lowest BCUT2D eigenvalue weighted by Crippen LogP contribution is -2.20. The minimum Gasteiger partial charge on any atom is -0.374 e. The van der Waals surface area contributed by atoms with Gasteiger partial charge in [0.25, 0.3) is 5.95 Å². The number of anilines is 1. The molecule has 1 aromatic heterocycles. The summed E-state index contributed by atoms with van der Waals surface area (Å²) in [4.78, 5) is 3.65. The standard InChI is InChI=1S/C9H8F2N4O2/c10-6-1-7(11)3-8(2-6)14-4-12-9(13-14)15(17)5-16/h1-4,16-17H,5H2. The van der Waals surface area contributed by atoms with Crippen LogP contribution in [-0.2, 0) is 0 Å². The Morgan fingerprint density at radius 1 is 1.24 bits per heavy atom. The molecule has 2 rings (SSSR count). The lowest BCUT2D eigenvalue weighted by molar-refractivity contribution is 0.146. The second-order valence-electron chi connectivity index (χ2n) is 3.16. The average Bonchev–Trinajstić information content (AvgIpc) is 2.76. The molecule has 0 aliphatic heterocycles. The number of aliphatic hydroxyl groups is 1. The molecule has 8 heteroatoms. The molecule has 0 saturated heterocycles. The van der Waals surface area contributed by atoms with Crippen molar-refractivity contribution in [3.05, 3.63) is 36.2 Å². The Kier molecular flexibility index (Phi) is 2.98. The third kappa shape index (κ3) is 2.37. The first kappa shape index (κ1) is 11.4. The van der Waals surface area contributed by atoms with Gasteiger partial charge < -0.3 is 5.11 Å². The number of aliphatic hydroxyl groups excluding tert-OH is 1. The van der Waals surface area contributed by atoms with Gasteiger partial charge in [-0.25, -0.2) is 13.5 Å². The fraction of sp³-hybridized carbons (Fsp3) is 0.111. The van der Waals surface area contributed by atoms with Crippen molar-refractivity contribution in [2.45, 2.75) is 0 Å². The van der Waals surface area contributed by atoms with Gasteiger partial charge in [-0.05, 0) is 12.1 Å². The van der Waals surface area contributed by atoms with Crippen LogP contribution < -0.4 is 5.06 Å². The van der Waals surface area contributed by atoms with Gasteiger partial charge in [-0.1, -0.05) is 0 Å². The van der Waals surface area contributed by atoms with Gasteiger partial charge in [-0.2, -0.15) is 10.0 Å². The molecule has 17 heavy (non-hydrogen) atoms. The van der Waals surface area contributed by atoms with Gasteiger partial charge in [0.1, 0.15) is 24.7 Å². The number of benzene rings is 1. The summed E-state index contributed by atoms with van der Waals surface area (Å²) >= 11 is 0. The van der Waals surface area contributed by atoms with E-state index in [1.165, 1.54) is 0 Å². The highest BCUT2D eigenvalue weighted by molar-refractivity contribution is 5.33. The Bertz CT molecular complexity index is 511. The fourth-order valence-corrected chi connectivity index (χ4v) is 1.23. The van der Waals surface area contributed by atoms with Crippen molar-refractivity contribution < 1.29 is 19.1 Å². The maximum atomic E-state index is 12.9. The summed E-state index contributed by atoms with van der Waals surface area (Å²) in [7, 11) is 0. The van der Waals surface area contributed by atoms with Gasteiger partial charge in [-0.15, -0.1) is 5.10 Å². The molecule has 0 saturated carbocycles. The highest BCUT2D eigenvalue weighted by Gasteiger charge is 2.09. The van der Waals surface area contributed by atoms with Gasteiger partial charge in [-0.3, -0.25) is 5.21 Å². The van der Waals surface area contributed by atoms with Crippen molar-refractivity contribution in [3.63, 3.8) is 0 Å². The zero-order valence-electron chi connectivity index (χ0n) is 8.46. The third-order valence-electron chi connectivity index (χ3n) is 1.96. The monoisotopic (exact) mass is 242 g/mol. The van der Waals surface area contributed by atoms with E-state index in [9.17, 15) is 8.78 Å². The zero-order valence-corrected chi connectivity index (χ0v) is 8.46. The number of nitrogens with zero attached hydrogens (tertiary/aromatic N) is 4. The molecular weight excluding hydrogens is 234 g/mol. The minimum absolute atomic E-state index is 0.118. The Labute approximate surface area is 94.3 Å². The number of halogens is 2. The third-order valence-corrected chi connectivity index (χ3v) is 1.96. The maximum absolute atomic E-state index is 12.9. The van der Waals surface area contributed by atoms with E-state index in [0.29, 0.717) is 5.06 Å². The van der Waals surface area contributed by atoms with Gasteiger partial charge in [0.2, 0.25) is 0 Å². The average molecular weight is 242 g/mol. The van der Waals surface area contributed by atoms with E-state index in [1.807, 2.05) is 0 Å². The lowest BCUT2D eigenvalue weighted by Gasteiger charge is -2.06. The number of aromatic nitrogens is 3. The maximum Gasteiger partial charge on any atom is 0.271 e. The van der Waals surface area contributed by atoms with Gasteiger partial charge in [0.15, 0.2) is 0 Å². The molecule has 0 unspecified atom stereocenters. The quantitative estimate of drug-likeness (QED) is 0.612. The molecule has 1 aromatic carbocycles. The first-order valence-electron chi connectivity index (χ1n) is 4.55. The molecule has 0 spiro atoms. The number of hydrogen-bond acceptors (Lipinski definition) is 5. The van der Waals surface area contributed by atoms with Crippen LogP contribution >= 0.6 is 0 Å². The van der Waals surface area contributed by atoms with Crippen molar-refractivity contribution in [1.82, 2.24) is 14.8 Å². The lowest BCUT2D eigenvalue weighted by atomic mass is 10.3. The smallest absolute Gasteiger partial charge is 0.271 e. The van der Waals surface area contributed by atoms with Crippen LogP contribution in [0.2, 0.25) is 0 Å². The molecule has 90 valence electrons. The highest BCUT2D eigenvalue weighted by atomic mass is 19.1. The van der Waals surface area contributed by atoms with Crippen LogP contribution in [0.3, 0.4) is 0 Å². The predicted molar refractivity (Wildman–Crippen MR) is 52.6 cm³/mol. The van der Waals surface area contributed by atoms with Crippen LogP contribution in [0.25, 0.3) is 5.69 Å². The van der Waals surface area contributed by atoms with Gasteiger partial charge in [0, 0.05) is 6.07 Å². The van der Waals surface area contributed by atoms with E-state index in [1.54, 1.807) is 0 Å². The van der Waals surface area contributed by atoms with Crippen LogP contribution in [0.15, 0.2) is 24.5 Å². The van der Waals surface area contributed by atoms with Gasteiger partial charge >= 0.3 is 0 Å². The Balaban J connectivity index is 2.36. The zero-order chi connectivity index (χ0) is 12.4. The summed E-state index contributed by atoms with van der Waals surface area (Å²) in [6.07, 6.45) is 1.16. The summed E-state index contributed by atoms with van der Waals surface area (Å²) in [6.45, 7) is -0.693. The number of hydroxylamine groups is 1. The first-order valence-corrected chi connectivity index (χ1v) is 4.55. The summed E-state index contributed by atoms with van der Waals surface area (Å²) in [5.74, 6) is -1.68. The van der Waals surface area contributed by atoms with Gasteiger partial charge in [0.05, 0.1) is 5.69 Å². The van der Waals surface area contributed by atoms with Crippen LogP contribution in [0.4, 0.5) is 14.7 Å². The topological polar surface area (TPSA) is 74.4 Å². The summed E-state index contributed by atoms with van der Waals surface area (Å²) in [6, 6.07) is 2.85. The molecule has 0 fully saturated rings. The van der Waals surface area contributed by atoms with E-state index < -0.39 is 18.4 Å². The van der Waals surface area contributed by atoms with Crippen molar-refractivity contribution in [2.75, 3.05) is 11.8 Å². The summed E-state index contributed by atoms with van der Waals surface area (Å²) in [5, 5.41) is 21.8. The number of rotatable bonds is 3. The molecule has 1 heterocycles. The molecule has 6 nitrogen and oxygen atoms in total.